The van der Waals surface area contributed by atoms with E-state index in [0.717, 1.165) is 0 Å². The minimum atomic E-state index is 0.127. The zero-order valence-corrected chi connectivity index (χ0v) is 6.63. The minimum Gasteiger partial charge on any atom is -0.395 e. The van der Waals surface area contributed by atoms with E-state index >= 15 is 0 Å². The second-order valence-electron chi connectivity index (χ2n) is 2.41. The highest BCUT2D eigenvalue weighted by atomic mass is 14.9. The van der Waals surface area contributed by atoms with Crippen LogP contribution in [0.4, 0.5) is 17.3 Å². The molecule has 0 amide bonds. The largest absolute Gasteiger partial charge is 0.395 e. The Morgan fingerprint density at radius 2 is 1.83 bits per heavy atom. The molecule has 0 aliphatic rings. The van der Waals surface area contributed by atoms with Crippen molar-refractivity contribution in [2.24, 2.45) is 0 Å². The van der Waals surface area contributed by atoms with Crippen LogP contribution in [0.25, 0.3) is 0 Å². The van der Waals surface area contributed by atoms with Crippen LogP contribution in [0.1, 0.15) is 11.1 Å². The topological polar surface area (TPSA) is 115 Å². The molecule has 0 saturated heterocycles. The lowest BCUT2D eigenvalue weighted by Gasteiger charge is -2.06. The van der Waals surface area contributed by atoms with E-state index in [-0.39, 0.29) is 11.6 Å². The van der Waals surface area contributed by atoms with Crippen molar-refractivity contribution in [3.8, 4) is 6.07 Å². The first-order valence-electron chi connectivity index (χ1n) is 3.29. The number of pyridine rings is 1. The van der Waals surface area contributed by atoms with E-state index in [2.05, 4.69) is 4.98 Å². The van der Waals surface area contributed by atoms with Crippen molar-refractivity contribution in [2.75, 3.05) is 17.2 Å². The van der Waals surface area contributed by atoms with Gasteiger partial charge in [0.2, 0.25) is 0 Å². The summed E-state index contributed by atoms with van der Waals surface area (Å²) < 4.78 is 0. The maximum Gasteiger partial charge on any atom is 0.149 e. The minimum absolute atomic E-state index is 0.127. The van der Waals surface area contributed by atoms with E-state index in [1.165, 1.54) is 0 Å². The predicted molar refractivity (Wildman–Crippen MR) is 46.9 cm³/mol. The zero-order valence-electron chi connectivity index (χ0n) is 6.63. The third kappa shape index (κ3) is 0.992. The van der Waals surface area contributed by atoms with E-state index in [9.17, 15) is 0 Å². The molecule has 0 atom stereocenters. The third-order valence-corrected chi connectivity index (χ3v) is 1.66. The molecule has 0 saturated carbocycles. The van der Waals surface area contributed by atoms with Gasteiger partial charge in [0.1, 0.15) is 17.7 Å². The Morgan fingerprint density at radius 3 is 2.33 bits per heavy atom. The number of aromatic nitrogens is 1. The Balaban J connectivity index is 3.54. The molecule has 0 aliphatic carbocycles. The van der Waals surface area contributed by atoms with Gasteiger partial charge in [-0.15, -0.1) is 0 Å². The Morgan fingerprint density at radius 1 is 1.25 bits per heavy atom. The maximum atomic E-state index is 8.65. The molecular formula is C7H9N5. The lowest BCUT2D eigenvalue weighted by Crippen LogP contribution is -2.06. The van der Waals surface area contributed by atoms with Crippen LogP contribution < -0.4 is 17.2 Å². The molecule has 0 aromatic carbocycles. The van der Waals surface area contributed by atoms with Crippen LogP contribution in [0.15, 0.2) is 0 Å². The fourth-order valence-corrected chi connectivity index (χ4v) is 0.906. The molecule has 0 radical (unpaired) electrons. The fraction of sp³-hybridized carbons (Fsp3) is 0.143. The maximum absolute atomic E-state index is 8.65. The van der Waals surface area contributed by atoms with Gasteiger partial charge in [0.05, 0.1) is 11.3 Å². The van der Waals surface area contributed by atoms with Gasteiger partial charge in [0.15, 0.2) is 0 Å². The van der Waals surface area contributed by atoms with Crippen molar-refractivity contribution in [3.63, 3.8) is 0 Å². The number of hydrogen-bond acceptors (Lipinski definition) is 5. The standard InChI is InChI=1S/C7H9N5/c1-3-4(2-8)6(10)12-7(11)5(3)9/h9H2,1H3,(H4,10,11,12). The van der Waals surface area contributed by atoms with E-state index in [1.807, 2.05) is 6.07 Å². The monoisotopic (exact) mass is 163 g/mol. The molecule has 1 aromatic heterocycles. The zero-order chi connectivity index (χ0) is 9.30. The number of nitrogens with two attached hydrogens (primary N) is 3. The van der Waals surface area contributed by atoms with Crippen LogP contribution in [0, 0.1) is 18.3 Å². The van der Waals surface area contributed by atoms with Crippen molar-refractivity contribution in [1.29, 1.82) is 5.26 Å². The van der Waals surface area contributed by atoms with Crippen LogP contribution in [-0.4, -0.2) is 4.98 Å². The molecule has 12 heavy (non-hydrogen) atoms. The van der Waals surface area contributed by atoms with E-state index in [0.29, 0.717) is 16.8 Å². The highest BCUT2D eigenvalue weighted by Gasteiger charge is 2.09. The Kier molecular flexibility index (Phi) is 1.75. The molecule has 0 aliphatic heterocycles. The van der Waals surface area contributed by atoms with E-state index in [4.69, 9.17) is 22.5 Å². The van der Waals surface area contributed by atoms with Gasteiger partial charge in [-0.05, 0) is 12.5 Å². The van der Waals surface area contributed by atoms with E-state index < -0.39 is 0 Å². The number of anilines is 3. The van der Waals surface area contributed by atoms with Gasteiger partial charge >= 0.3 is 0 Å². The Labute approximate surface area is 69.8 Å². The highest BCUT2D eigenvalue weighted by molar-refractivity contribution is 5.72. The number of rotatable bonds is 0. The summed E-state index contributed by atoms with van der Waals surface area (Å²) in [6.07, 6.45) is 0. The van der Waals surface area contributed by atoms with Gasteiger partial charge in [-0.2, -0.15) is 5.26 Å². The lowest BCUT2D eigenvalue weighted by atomic mass is 10.1. The summed E-state index contributed by atoms with van der Waals surface area (Å²) in [6.45, 7) is 1.68. The smallest absolute Gasteiger partial charge is 0.149 e. The highest BCUT2D eigenvalue weighted by Crippen LogP contribution is 2.24. The average Bonchev–Trinajstić information content (AvgIpc) is 2.01. The van der Waals surface area contributed by atoms with Crippen molar-refractivity contribution < 1.29 is 0 Å². The number of nitriles is 1. The Bertz CT molecular complexity index is 363. The molecule has 1 rings (SSSR count). The van der Waals surface area contributed by atoms with Crippen LogP contribution in [0.5, 0.6) is 0 Å². The molecule has 1 heterocycles. The van der Waals surface area contributed by atoms with Crippen molar-refractivity contribution in [3.05, 3.63) is 11.1 Å². The molecule has 1 aromatic rings. The number of nitrogen functional groups attached to an aromatic ring is 3. The second kappa shape index (κ2) is 2.58. The van der Waals surface area contributed by atoms with Gasteiger partial charge in [0, 0.05) is 0 Å². The first-order valence-corrected chi connectivity index (χ1v) is 3.29. The fourth-order valence-electron chi connectivity index (χ4n) is 0.906. The molecule has 62 valence electrons. The summed E-state index contributed by atoms with van der Waals surface area (Å²) in [4.78, 5) is 3.71. The molecule has 0 fully saturated rings. The number of nitrogens with zero attached hydrogens (tertiary/aromatic N) is 2. The molecule has 5 nitrogen and oxygen atoms in total. The molecule has 6 N–H and O–H groups in total. The summed E-state index contributed by atoms with van der Waals surface area (Å²) in [5.41, 5.74) is 17.6. The first-order chi connectivity index (χ1) is 5.57. The molecule has 0 bridgehead atoms. The van der Waals surface area contributed by atoms with Crippen LogP contribution in [0.3, 0.4) is 0 Å². The SMILES string of the molecule is Cc1c(N)c(N)nc(N)c1C#N. The average molecular weight is 163 g/mol. The summed E-state index contributed by atoms with van der Waals surface area (Å²) in [6, 6.07) is 1.91. The summed E-state index contributed by atoms with van der Waals surface area (Å²) in [5, 5.41) is 8.65. The van der Waals surface area contributed by atoms with Crippen molar-refractivity contribution >= 4 is 17.3 Å². The summed E-state index contributed by atoms with van der Waals surface area (Å²) in [5.74, 6) is 0.297. The van der Waals surface area contributed by atoms with Gasteiger partial charge in [0.25, 0.3) is 0 Å². The van der Waals surface area contributed by atoms with Crippen LogP contribution in [-0.2, 0) is 0 Å². The van der Waals surface area contributed by atoms with Crippen LogP contribution in [0.2, 0.25) is 0 Å². The predicted octanol–water partition coefficient (Wildman–Crippen LogP) is 0.00830. The summed E-state index contributed by atoms with van der Waals surface area (Å²) in [7, 11) is 0. The van der Waals surface area contributed by atoms with Crippen LogP contribution >= 0.6 is 0 Å². The molecule has 0 spiro atoms. The second-order valence-corrected chi connectivity index (χ2v) is 2.41. The normalized spacial score (nSPS) is 9.33. The van der Waals surface area contributed by atoms with E-state index in [1.54, 1.807) is 6.92 Å². The lowest BCUT2D eigenvalue weighted by molar-refractivity contribution is 1.28. The third-order valence-electron chi connectivity index (χ3n) is 1.66. The Hall–Kier alpha value is -1.96. The number of hydrogen-bond donors (Lipinski definition) is 3. The first kappa shape index (κ1) is 8.14. The molecule has 0 unspecified atom stereocenters. The quantitative estimate of drug-likeness (QED) is 0.498. The summed E-state index contributed by atoms with van der Waals surface area (Å²) >= 11 is 0. The van der Waals surface area contributed by atoms with Crippen molar-refractivity contribution in [2.45, 2.75) is 6.92 Å². The molecular weight excluding hydrogens is 154 g/mol. The van der Waals surface area contributed by atoms with Gasteiger partial charge < -0.3 is 17.2 Å². The van der Waals surface area contributed by atoms with Gasteiger partial charge in [-0.25, -0.2) is 4.98 Å². The van der Waals surface area contributed by atoms with Crippen molar-refractivity contribution in [1.82, 2.24) is 4.98 Å². The van der Waals surface area contributed by atoms with Gasteiger partial charge in [-0.3, -0.25) is 0 Å². The van der Waals surface area contributed by atoms with Gasteiger partial charge in [-0.1, -0.05) is 0 Å². The molecule has 5 heteroatoms.